The number of nitrogens with zero attached hydrogens (tertiary/aromatic N) is 1. The Morgan fingerprint density at radius 3 is 2.93 bits per heavy atom. The van der Waals surface area contributed by atoms with Crippen LogP contribution in [-0.2, 0) is 11.8 Å². The summed E-state index contributed by atoms with van der Waals surface area (Å²) >= 11 is 0. The van der Waals surface area contributed by atoms with Crippen LogP contribution < -0.4 is 10.1 Å². The molecule has 4 bridgehead atoms. The normalized spacial score (nSPS) is 48.3. The Balaban J connectivity index is 1.44. The topological polar surface area (TPSA) is 24.5 Å². The first-order valence-electron chi connectivity index (χ1n) is 11.8. The van der Waals surface area contributed by atoms with Gasteiger partial charge >= 0.3 is 0 Å². The van der Waals surface area contributed by atoms with Crippen molar-refractivity contribution in [2.45, 2.75) is 75.4 Å². The Kier molecular flexibility index (Phi) is 3.19. The lowest BCUT2D eigenvalue weighted by atomic mass is 9.43. The molecule has 1 N–H and O–H groups in total. The maximum atomic E-state index is 5.73. The van der Waals surface area contributed by atoms with Crippen molar-refractivity contribution < 1.29 is 4.74 Å². The molecule has 5 fully saturated rings. The van der Waals surface area contributed by atoms with E-state index in [0.717, 1.165) is 35.6 Å². The largest absolute Gasteiger partial charge is 0.497 e. The van der Waals surface area contributed by atoms with E-state index in [0.29, 0.717) is 16.9 Å². The first-order valence-corrected chi connectivity index (χ1v) is 11.8. The van der Waals surface area contributed by atoms with Crippen molar-refractivity contribution in [1.82, 2.24) is 10.2 Å². The molecule has 0 aromatic heterocycles. The smallest absolute Gasteiger partial charge is 0.119 e. The van der Waals surface area contributed by atoms with Gasteiger partial charge in [0, 0.05) is 30.1 Å². The second-order valence-electron chi connectivity index (χ2n) is 11.1. The summed E-state index contributed by atoms with van der Waals surface area (Å²) < 4.78 is 5.73. The van der Waals surface area contributed by atoms with Crippen molar-refractivity contribution in [2.75, 3.05) is 20.2 Å². The highest BCUT2D eigenvalue weighted by Crippen LogP contribution is 2.75. The van der Waals surface area contributed by atoms with E-state index in [2.05, 4.69) is 35.3 Å². The molecule has 28 heavy (non-hydrogen) atoms. The Labute approximate surface area is 169 Å². The van der Waals surface area contributed by atoms with E-state index in [1.807, 2.05) is 7.11 Å². The molecule has 1 aromatic rings. The van der Waals surface area contributed by atoms with Gasteiger partial charge in [-0.3, -0.25) is 4.90 Å². The lowest BCUT2D eigenvalue weighted by Gasteiger charge is -2.66. The number of rotatable bonds is 3. The first kappa shape index (κ1) is 16.7. The van der Waals surface area contributed by atoms with Crippen LogP contribution in [0.1, 0.15) is 56.6 Å². The van der Waals surface area contributed by atoms with Gasteiger partial charge in [0.25, 0.3) is 0 Å². The molecule has 150 valence electrons. The van der Waals surface area contributed by atoms with Crippen LogP contribution in [0.4, 0.5) is 0 Å². The molecular formula is C25H34N2O. The molecule has 7 rings (SSSR count). The summed E-state index contributed by atoms with van der Waals surface area (Å²) in [5.74, 6) is 3.78. The molecule has 1 aromatic carbocycles. The third-order valence-corrected chi connectivity index (χ3v) is 10.2. The minimum absolute atomic E-state index is 0.394. The molecule has 2 saturated heterocycles. The van der Waals surface area contributed by atoms with E-state index < -0.39 is 0 Å². The number of fused-ring (bicyclic) bond motifs is 1. The van der Waals surface area contributed by atoms with E-state index in [1.54, 1.807) is 11.1 Å². The molecule has 0 radical (unpaired) electrons. The van der Waals surface area contributed by atoms with Crippen LogP contribution in [0, 0.1) is 23.2 Å². The van der Waals surface area contributed by atoms with Crippen LogP contribution in [0.25, 0.3) is 0 Å². The van der Waals surface area contributed by atoms with E-state index in [-0.39, 0.29) is 0 Å². The van der Waals surface area contributed by atoms with Gasteiger partial charge in [-0.05, 0) is 105 Å². The lowest BCUT2D eigenvalue weighted by molar-refractivity contribution is -0.0944. The molecule has 3 heteroatoms. The van der Waals surface area contributed by atoms with Gasteiger partial charge in [0.1, 0.15) is 5.75 Å². The molecule has 3 saturated carbocycles. The highest BCUT2D eigenvalue weighted by atomic mass is 16.5. The second-order valence-corrected chi connectivity index (χ2v) is 11.1. The molecule has 4 aliphatic carbocycles. The number of hydrogen-bond donors (Lipinski definition) is 1. The average molecular weight is 379 g/mol. The van der Waals surface area contributed by atoms with Gasteiger partial charge in [0.2, 0.25) is 0 Å². The average Bonchev–Trinajstić information content (AvgIpc) is 3.41. The minimum atomic E-state index is 0.394. The number of piperidine rings is 1. The molecule has 7 atom stereocenters. The van der Waals surface area contributed by atoms with Crippen LogP contribution in [0.2, 0.25) is 0 Å². The monoisotopic (exact) mass is 378 g/mol. The van der Waals surface area contributed by atoms with Gasteiger partial charge < -0.3 is 10.1 Å². The molecule has 6 aliphatic rings. The highest BCUT2D eigenvalue weighted by molar-refractivity contribution is 5.51. The van der Waals surface area contributed by atoms with Gasteiger partial charge in [0.05, 0.1) is 7.11 Å². The van der Waals surface area contributed by atoms with Gasteiger partial charge in [0.15, 0.2) is 0 Å². The number of methoxy groups -OCH3 is 1. The van der Waals surface area contributed by atoms with Gasteiger partial charge in [-0.25, -0.2) is 0 Å². The first-order chi connectivity index (χ1) is 13.7. The maximum Gasteiger partial charge on any atom is 0.119 e. The third-order valence-electron chi connectivity index (χ3n) is 10.2. The number of likely N-dealkylation sites (tertiary alicyclic amines) is 1. The maximum absolute atomic E-state index is 5.73. The van der Waals surface area contributed by atoms with Gasteiger partial charge in [-0.15, -0.1) is 0 Å². The van der Waals surface area contributed by atoms with Gasteiger partial charge in [-0.1, -0.05) is 6.07 Å². The predicted octanol–water partition coefficient (Wildman–Crippen LogP) is 3.75. The summed E-state index contributed by atoms with van der Waals surface area (Å²) in [6, 6.07) is 9.31. The fourth-order valence-electron chi connectivity index (χ4n) is 9.21. The quantitative estimate of drug-likeness (QED) is 0.867. The summed E-state index contributed by atoms with van der Waals surface area (Å²) in [5.41, 5.74) is 4.25. The van der Waals surface area contributed by atoms with Crippen LogP contribution in [0.3, 0.4) is 0 Å². The van der Waals surface area contributed by atoms with Crippen molar-refractivity contribution in [2.24, 2.45) is 23.2 Å². The number of nitrogens with one attached hydrogen (secondary N) is 1. The van der Waals surface area contributed by atoms with Gasteiger partial charge in [-0.2, -0.15) is 0 Å². The zero-order valence-electron chi connectivity index (χ0n) is 17.4. The van der Waals surface area contributed by atoms with Crippen molar-refractivity contribution in [3.05, 3.63) is 29.3 Å². The Morgan fingerprint density at radius 1 is 1.21 bits per heavy atom. The predicted molar refractivity (Wildman–Crippen MR) is 111 cm³/mol. The molecule has 5 unspecified atom stereocenters. The zero-order valence-corrected chi connectivity index (χ0v) is 17.4. The fraction of sp³-hybridized carbons (Fsp3) is 0.760. The van der Waals surface area contributed by atoms with E-state index >= 15 is 0 Å². The summed E-state index contributed by atoms with van der Waals surface area (Å²) in [7, 11) is 1.84. The SMILES string of the molecule is COc1ccc2c(c1)C13CCN(CC4CC4)C(C2)C12CCC1N[C@@H](C)[C@@H](C2)C13. The Morgan fingerprint density at radius 2 is 2.11 bits per heavy atom. The van der Waals surface area contributed by atoms with E-state index in [9.17, 15) is 0 Å². The Bertz CT molecular complexity index is 834. The summed E-state index contributed by atoms with van der Waals surface area (Å²) in [4.78, 5) is 2.97. The summed E-state index contributed by atoms with van der Waals surface area (Å²) in [5, 5.41) is 4.04. The van der Waals surface area contributed by atoms with E-state index in [1.165, 1.54) is 58.0 Å². The molecule has 2 aliphatic heterocycles. The molecule has 0 spiro atoms. The fourth-order valence-corrected chi connectivity index (χ4v) is 9.21. The van der Waals surface area contributed by atoms with E-state index in [4.69, 9.17) is 4.74 Å². The number of benzene rings is 1. The summed E-state index contributed by atoms with van der Waals surface area (Å²) in [6.45, 7) is 5.17. The zero-order chi connectivity index (χ0) is 18.7. The molecule has 3 nitrogen and oxygen atoms in total. The lowest BCUT2D eigenvalue weighted by Crippen LogP contribution is -2.69. The Hall–Kier alpha value is -1.06. The summed E-state index contributed by atoms with van der Waals surface area (Å²) in [6.07, 6.45) is 9.91. The van der Waals surface area contributed by atoms with Crippen molar-refractivity contribution in [1.29, 1.82) is 0 Å². The van der Waals surface area contributed by atoms with Crippen molar-refractivity contribution in [3.8, 4) is 5.75 Å². The number of ether oxygens (including phenoxy) is 1. The van der Waals surface area contributed by atoms with Crippen LogP contribution in [0.15, 0.2) is 18.2 Å². The standard InChI is InChI=1S/C25H34N2O/c1-15-19-13-24-8-7-21(26-15)23(19)25(24)9-10-27(14-16-3-4-16)22(24)11-17-5-6-18(28-2)12-20(17)25/h5-6,12,15-16,19,21-23,26H,3-4,7-11,13-14H2,1-2H3/t15-,19+,21?,22?,23?,24?,25?/m0/s1. The third kappa shape index (κ3) is 1.81. The molecular weight excluding hydrogens is 344 g/mol. The minimum Gasteiger partial charge on any atom is -0.497 e. The molecule has 2 heterocycles. The van der Waals surface area contributed by atoms with Crippen molar-refractivity contribution >= 4 is 0 Å². The van der Waals surface area contributed by atoms with Crippen LogP contribution in [0.5, 0.6) is 5.75 Å². The number of hydrogen-bond acceptors (Lipinski definition) is 3. The van der Waals surface area contributed by atoms with Crippen LogP contribution >= 0.6 is 0 Å². The van der Waals surface area contributed by atoms with Crippen LogP contribution in [-0.4, -0.2) is 43.2 Å². The molecule has 0 amide bonds. The highest BCUT2D eigenvalue weighted by Gasteiger charge is 2.75. The van der Waals surface area contributed by atoms with Crippen molar-refractivity contribution in [3.63, 3.8) is 0 Å². The second kappa shape index (κ2) is 5.35.